The van der Waals surface area contributed by atoms with Crippen molar-refractivity contribution in [2.45, 2.75) is 19.9 Å². The first-order valence-corrected chi connectivity index (χ1v) is 8.53. The quantitative estimate of drug-likeness (QED) is 0.684. The summed E-state index contributed by atoms with van der Waals surface area (Å²) < 4.78 is 4.24. The summed E-state index contributed by atoms with van der Waals surface area (Å²) in [5.74, 6) is -0.342. The molecule has 0 aliphatic carbocycles. The number of amides is 1. The zero-order valence-corrected chi connectivity index (χ0v) is 15.1. The molecular formula is C15H14Cl2N4OS. The standard InChI is InChI=1S/C15H14Cl2N4OS/c1-8(2)21-11(6-7-18-21)14(22)19-15-20(3)12-9(16)4-5-10(17)13(12)23-15/h4-8H,1-3H3. The average molecular weight is 369 g/mol. The second-order valence-electron chi connectivity index (χ2n) is 5.32. The van der Waals surface area contributed by atoms with Gasteiger partial charge in [0, 0.05) is 19.3 Å². The van der Waals surface area contributed by atoms with Gasteiger partial charge in [0.15, 0.2) is 4.80 Å². The van der Waals surface area contributed by atoms with Crippen LogP contribution in [0.2, 0.25) is 10.0 Å². The Kier molecular flexibility index (Phi) is 4.31. The van der Waals surface area contributed by atoms with E-state index in [9.17, 15) is 4.79 Å². The minimum atomic E-state index is -0.342. The van der Waals surface area contributed by atoms with Crippen LogP contribution in [-0.2, 0) is 7.05 Å². The summed E-state index contributed by atoms with van der Waals surface area (Å²) >= 11 is 13.8. The molecule has 0 aliphatic heterocycles. The van der Waals surface area contributed by atoms with Crippen molar-refractivity contribution in [3.8, 4) is 0 Å². The third kappa shape index (κ3) is 2.82. The zero-order valence-electron chi connectivity index (χ0n) is 12.7. The molecule has 0 fully saturated rings. The maximum Gasteiger partial charge on any atom is 0.297 e. The van der Waals surface area contributed by atoms with Crippen LogP contribution in [0.15, 0.2) is 29.4 Å². The number of carbonyl (C=O) groups excluding carboxylic acids is 1. The molecule has 0 saturated carbocycles. The van der Waals surface area contributed by atoms with E-state index in [1.165, 1.54) is 11.3 Å². The van der Waals surface area contributed by atoms with Gasteiger partial charge in [-0.3, -0.25) is 9.48 Å². The van der Waals surface area contributed by atoms with Crippen LogP contribution in [0.5, 0.6) is 0 Å². The second-order valence-corrected chi connectivity index (χ2v) is 7.11. The number of aryl methyl sites for hydroxylation is 1. The van der Waals surface area contributed by atoms with Crippen molar-refractivity contribution in [2.75, 3.05) is 0 Å². The van der Waals surface area contributed by atoms with Gasteiger partial charge >= 0.3 is 0 Å². The van der Waals surface area contributed by atoms with Gasteiger partial charge in [-0.15, -0.1) is 0 Å². The van der Waals surface area contributed by atoms with Crippen LogP contribution in [0.4, 0.5) is 0 Å². The molecular weight excluding hydrogens is 355 g/mol. The van der Waals surface area contributed by atoms with Crippen LogP contribution in [-0.4, -0.2) is 20.3 Å². The maximum absolute atomic E-state index is 12.5. The van der Waals surface area contributed by atoms with Crippen molar-refractivity contribution in [1.29, 1.82) is 0 Å². The van der Waals surface area contributed by atoms with Gasteiger partial charge in [-0.25, -0.2) is 0 Å². The van der Waals surface area contributed by atoms with Crippen LogP contribution in [0.3, 0.4) is 0 Å². The molecule has 0 N–H and O–H groups in total. The number of carbonyl (C=O) groups is 1. The van der Waals surface area contributed by atoms with Crippen molar-refractivity contribution in [3.63, 3.8) is 0 Å². The lowest BCUT2D eigenvalue weighted by molar-refractivity contribution is 0.0986. The number of nitrogens with zero attached hydrogens (tertiary/aromatic N) is 4. The molecule has 1 amide bonds. The minimum Gasteiger partial charge on any atom is -0.318 e. The predicted molar refractivity (Wildman–Crippen MR) is 93.3 cm³/mol. The number of thiazole rings is 1. The first-order chi connectivity index (χ1) is 10.9. The fourth-order valence-corrected chi connectivity index (χ4v) is 3.98. The Labute approximate surface area is 146 Å². The van der Waals surface area contributed by atoms with Crippen LogP contribution in [0, 0.1) is 0 Å². The monoisotopic (exact) mass is 368 g/mol. The van der Waals surface area contributed by atoms with Gasteiger partial charge in [-0.05, 0) is 32.0 Å². The highest BCUT2D eigenvalue weighted by molar-refractivity contribution is 7.17. The lowest BCUT2D eigenvalue weighted by atomic mass is 10.3. The average Bonchev–Trinajstić information content (AvgIpc) is 3.10. The summed E-state index contributed by atoms with van der Waals surface area (Å²) in [6, 6.07) is 5.22. The van der Waals surface area contributed by atoms with E-state index >= 15 is 0 Å². The van der Waals surface area contributed by atoms with Gasteiger partial charge in [0.25, 0.3) is 5.91 Å². The van der Waals surface area contributed by atoms with E-state index in [0.29, 0.717) is 20.5 Å². The molecule has 2 heterocycles. The highest BCUT2D eigenvalue weighted by Crippen LogP contribution is 2.31. The number of aromatic nitrogens is 3. The lowest BCUT2D eigenvalue weighted by Crippen LogP contribution is -2.16. The summed E-state index contributed by atoms with van der Waals surface area (Å²) in [6.45, 7) is 3.92. The molecule has 1 aromatic carbocycles. The molecule has 23 heavy (non-hydrogen) atoms. The maximum atomic E-state index is 12.5. The van der Waals surface area contributed by atoms with Gasteiger partial charge in [-0.1, -0.05) is 34.5 Å². The van der Waals surface area contributed by atoms with Crippen molar-refractivity contribution < 1.29 is 4.79 Å². The largest absolute Gasteiger partial charge is 0.318 e. The van der Waals surface area contributed by atoms with Gasteiger partial charge in [0.2, 0.25) is 0 Å². The first kappa shape index (κ1) is 16.2. The first-order valence-electron chi connectivity index (χ1n) is 6.96. The Bertz CT molecular complexity index is 968. The van der Waals surface area contributed by atoms with E-state index in [0.717, 1.165) is 10.2 Å². The van der Waals surface area contributed by atoms with E-state index in [2.05, 4.69) is 10.1 Å². The number of fused-ring (bicyclic) bond motifs is 1. The SMILES string of the molecule is CC(C)n1nccc1C(=O)N=c1sc2c(Cl)ccc(Cl)c2n1C. The van der Waals surface area contributed by atoms with Gasteiger partial charge in [-0.2, -0.15) is 10.1 Å². The Morgan fingerprint density at radius 2 is 1.96 bits per heavy atom. The summed E-state index contributed by atoms with van der Waals surface area (Å²) in [5, 5.41) is 5.32. The topological polar surface area (TPSA) is 52.2 Å². The fraction of sp³-hybridized carbons (Fsp3) is 0.267. The van der Waals surface area contributed by atoms with Gasteiger partial charge < -0.3 is 4.57 Å². The van der Waals surface area contributed by atoms with E-state index in [4.69, 9.17) is 23.2 Å². The molecule has 8 heteroatoms. The van der Waals surface area contributed by atoms with Crippen molar-refractivity contribution in [3.05, 3.63) is 44.9 Å². The van der Waals surface area contributed by atoms with E-state index in [-0.39, 0.29) is 11.9 Å². The predicted octanol–water partition coefficient (Wildman–Crippen LogP) is 4.07. The Balaban J connectivity index is 2.17. The Morgan fingerprint density at radius 1 is 1.26 bits per heavy atom. The minimum absolute atomic E-state index is 0.0826. The molecule has 0 aliphatic rings. The molecule has 3 aromatic rings. The molecule has 0 bridgehead atoms. The number of halogens is 2. The Hall–Kier alpha value is -1.63. The fourth-order valence-electron chi connectivity index (χ4n) is 2.32. The summed E-state index contributed by atoms with van der Waals surface area (Å²) in [5.41, 5.74) is 1.22. The van der Waals surface area contributed by atoms with Crippen molar-refractivity contribution in [1.82, 2.24) is 14.3 Å². The van der Waals surface area contributed by atoms with Crippen LogP contribution in [0.1, 0.15) is 30.4 Å². The molecule has 3 rings (SSSR count). The number of hydrogen-bond acceptors (Lipinski definition) is 3. The van der Waals surface area contributed by atoms with Crippen LogP contribution < -0.4 is 4.80 Å². The number of benzene rings is 1. The van der Waals surface area contributed by atoms with Crippen LogP contribution >= 0.6 is 34.5 Å². The normalized spacial score (nSPS) is 12.5. The summed E-state index contributed by atoms with van der Waals surface area (Å²) in [4.78, 5) is 17.3. The van der Waals surface area contributed by atoms with Crippen LogP contribution in [0.25, 0.3) is 10.2 Å². The Morgan fingerprint density at radius 3 is 2.61 bits per heavy atom. The molecule has 2 aromatic heterocycles. The molecule has 120 valence electrons. The third-order valence-electron chi connectivity index (χ3n) is 3.43. The second kappa shape index (κ2) is 6.11. The van der Waals surface area contributed by atoms with E-state index in [1.807, 2.05) is 20.9 Å². The summed E-state index contributed by atoms with van der Waals surface area (Å²) in [6.07, 6.45) is 1.60. The van der Waals surface area contributed by atoms with Crippen molar-refractivity contribution >= 4 is 50.7 Å². The lowest BCUT2D eigenvalue weighted by Gasteiger charge is -2.07. The molecule has 5 nitrogen and oxygen atoms in total. The zero-order chi connectivity index (χ0) is 16.7. The van der Waals surface area contributed by atoms with Gasteiger partial charge in [0.05, 0.1) is 20.3 Å². The number of hydrogen-bond donors (Lipinski definition) is 0. The summed E-state index contributed by atoms with van der Waals surface area (Å²) in [7, 11) is 1.81. The molecule has 0 saturated heterocycles. The smallest absolute Gasteiger partial charge is 0.297 e. The molecule has 0 spiro atoms. The third-order valence-corrected chi connectivity index (χ3v) is 5.32. The van der Waals surface area contributed by atoms with E-state index < -0.39 is 0 Å². The van der Waals surface area contributed by atoms with Gasteiger partial charge in [0.1, 0.15) is 5.69 Å². The van der Waals surface area contributed by atoms with E-state index in [1.54, 1.807) is 33.6 Å². The van der Waals surface area contributed by atoms with Crippen molar-refractivity contribution in [2.24, 2.45) is 12.0 Å². The molecule has 0 atom stereocenters. The highest BCUT2D eigenvalue weighted by atomic mass is 35.5. The molecule has 0 radical (unpaired) electrons. The highest BCUT2D eigenvalue weighted by Gasteiger charge is 2.15. The number of rotatable bonds is 2. The molecule has 0 unspecified atom stereocenters.